The Balaban J connectivity index is 1.67. The number of esters is 2. The lowest BCUT2D eigenvalue weighted by Crippen LogP contribution is -2.30. The summed E-state index contributed by atoms with van der Waals surface area (Å²) in [5, 5.41) is 0. The molecule has 0 saturated carbocycles. The van der Waals surface area contributed by atoms with Crippen LogP contribution in [0.4, 0.5) is 26.3 Å². The average molecular weight is 510 g/mol. The summed E-state index contributed by atoms with van der Waals surface area (Å²) in [5.41, 5.74) is 2.91. The van der Waals surface area contributed by atoms with Crippen molar-refractivity contribution in [3.63, 3.8) is 0 Å². The van der Waals surface area contributed by atoms with E-state index in [1.165, 1.54) is 24.3 Å². The summed E-state index contributed by atoms with van der Waals surface area (Å²) in [6, 6.07) is 18.9. The molecule has 0 unspecified atom stereocenters. The molecular formula is C26H20F6O4. The van der Waals surface area contributed by atoms with E-state index in [1.807, 2.05) is 0 Å². The van der Waals surface area contributed by atoms with E-state index in [9.17, 15) is 35.9 Å². The summed E-state index contributed by atoms with van der Waals surface area (Å²) in [6.45, 7) is 1.50. The highest BCUT2D eigenvalue weighted by Gasteiger charge is 2.40. The first-order chi connectivity index (χ1) is 16.8. The highest BCUT2D eigenvalue weighted by atomic mass is 19.4. The molecule has 3 aromatic carbocycles. The Kier molecular flexibility index (Phi) is 7.76. The second-order valence-electron chi connectivity index (χ2n) is 7.91. The standard InChI is InChI=1S/C26H20F6O4/c1-15(25(27,28)29)35-23(33)21-11-7-19(8-12-21)17-3-5-18(6-4-17)20-9-13-22(14-10-20)24(34)36-16(2)26(30,31)32/h3-16H,1-2H3/t15-,16-/m0/s1. The van der Waals surface area contributed by atoms with Gasteiger partial charge in [0.2, 0.25) is 0 Å². The fourth-order valence-corrected chi connectivity index (χ4v) is 3.04. The Labute approximate surface area is 202 Å². The van der Waals surface area contributed by atoms with Crippen LogP contribution in [-0.2, 0) is 9.47 Å². The highest BCUT2D eigenvalue weighted by Crippen LogP contribution is 2.28. The second kappa shape index (κ2) is 10.4. The molecule has 3 aromatic rings. The van der Waals surface area contributed by atoms with Crippen LogP contribution in [0, 0.1) is 0 Å². The quantitative estimate of drug-likeness (QED) is 0.259. The monoisotopic (exact) mass is 510 g/mol. The third kappa shape index (κ3) is 6.65. The van der Waals surface area contributed by atoms with Crippen molar-refractivity contribution >= 4 is 11.9 Å². The van der Waals surface area contributed by atoms with E-state index in [0.717, 1.165) is 25.0 Å². The van der Waals surface area contributed by atoms with Crippen LogP contribution < -0.4 is 0 Å². The number of carbonyl (C=O) groups excluding carboxylic acids is 2. The molecule has 0 aliphatic rings. The van der Waals surface area contributed by atoms with Crippen LogP contribution in [0.5, 0.6) is 0 Å². The summed E-state index contributed by atoms with van der Waals surface area (Å²) in [5.74, 6) is -2.16. The molecule has 3 rings (SSSR count). The number of halogens is 6. The average Bonchev–Trinajstić information content (AvgIpc) is 2.83. The van der Waals surface area contributed by atoms with Crippen LogP contribution >= 0.6 is 0 Å². The number of carbonyl (C=O) groups is 2. The summed E-state index contributed by atoms with van der Waals surface area (Å²) in [4.78, 5) is 23.8. The van der Waals surface area contributed by atoms with Crippen molar-refractivity contribution in [2.75, 3.05) is 0 Å². The summed E-state index contributed by atoms with van der Waals surface area (Å²) in [6.07, 6.45) is -13.7. The van der Waals surface area contributed by atoms with Gasteiger partial charge < -0.3 is 9.47 Å². The van der Waals surface area contributed by atoms with Crippen molar-refractivity contribution in [1.82, 2.24) is 0 Å². The fourth-order valence-electron chi connectivity index (χ4n) is 3.04. The second-order valence-corrected chi connectivity index (χ2v) is 7.91. The molecule has 2 atom stereocenters. The molecule has 0 aliphatic heterocycles. The molecule has 0 amide bonds. The van der Waals surface area contributed by atoms with E-state index in [-0.39, 0.29) is 11.1 Å². The predicted molar refractivity (Wildman–Crippen MR) is 119 cm³/mol. The van der Waals surface area contributed by atoms with Crippen LogP contribution in [0.3, 0.4) is 0 Å². The van der Waals surface area contributed by atoms with E-state index < -0.39 is 36.5 Å². The topological polar surface area (TPSA) is 52.6 Å². The molecule has 0 fully saturated rings. The van der Waals surface area contributed by atoms with E-state index in [4.69, 9.17) is 0 Å². The first-order valence-electron chi connectivity index (χ1n) is 10.6. The SMILES string of the molecule is C[C@H](OC(=O)c1ccc(-c2ccc(-c3ccc(C(=O)O[C@@H](C)C(F)(F)F)cc3)cc2)cc1)C(F)(F)F. The molecular weight excluding hydrogens is 490 g/mol. The zero-order chi connectivity index (χ0) is 26.7. The Morgan fingerprint density at radius 3 is 0.972 bits per heavy atom. The normalized spacial score (nSPS) is 13.6. The van der Waals surface area contributed by atoms with Crippen molar-refractivity contribution in [3.05, 3.63) is 83.9 Å². The van der Waals surface area contributed by atoms with Gasteiger partial charge in [0, 0.05) is 0 Å². The van der Waals surface area contributed by atoms with Crippen LogP contribution in [0.25, 0.3) is 22.3 Å². The zero-order valence-electron chi connectivity index (χ0n) is 19.0. The maximum Gasteiger partial charge on any atom is 0.425 e. The van der Waals surface area contributed by atoms with Crippen molar-refractivity contribution in [2.24, 2.45) is 0 Å². The van der Waals surface area contributed by atoms with E-state index in [2.05, 4.69) is 9.47 Å². The molecule has 0 heterocycles. The first kappa shape index (κ1) is 26.8. The van der Waals surface area contributed by atoms with Crippen molar-refractivity contribution in [3.8, 4) is 22.3 Å². The summed E-state index contributed by atoms with van der Waals surface area (Å²) >= 11 is 0. The van der Waals surface area contributed by atoms with Gasteiger partial charge in [-0.15, -0.1) is 0 Å². The smallest absolute Gasteiger partial charge is 0.425 e. The largest absolute Gasteiger partial charge is 0.449 e. The molecule has 0 saturated heterocycles. The number of benzene rings is 3. The molecule has 0 spiro atoms. The summed E-state index contributed by atoms with van der Waals surface area (Å²) in [7, 11) is 0. The maximum atomic E-state index is 12.6. The number of rotatable bonds is 6. The number of ether oxygens (including phenoxy) is 2. The first-order valence-corrected chi connectivity index (χ1v) is 10.6. The van der Waals surface area contributed by atoms with Gasteiger partial charge in [-0.25, -0.2) is 9.59 Å². The van der Waals surface area contributed by atoms with Crippen molar-refractivity contribution in [2.45, 2.75) is 38.4 Å². The van der Waals surface area contributed by atoms with Gasteiger partial charge in [0.1, 0.15) is 0 Å². The molecule has 10 heteroatoms. The van der Waals surface area contributed by atoms with Gasteiger partial charge in [0.05, 0.1) is 11.1 Å². The van der Waals surface area contributed by atoms with E-state index >= 15 is 0 Å². The Hall–Kier alpha value is -3.82. The van der Waals surface area contributed by atoms with Gasteiger partial charge in [-0.2, -0.15) is 26.3 Å². The zero-order valence-corrected chi connectivity index (χ0v) is 19.0. The molecule has 0 bridgehead atoms. The lowest BCUT2D eigenvalue weighted by Gasteiger charge is -2.16. The third-order valence-electron chi connectivity index (χ3n) is 5.28. The van der Waals surface area contributed by atoms with E-state index in [0.29, 0.717) is 11.1 Å². The molecule has 36 heavy (non-hydrogen) atoms. The number of alkyl halides is 6. The fraction of sp³-hybridized carbons (Fsp3) is 0.231. The van der Waals surface area contributed by atoms with Gasteiger partial charge >= 0.3 is 24.3 Å². The number of hydrogen-bond acceptors (Lipinski definition) is 4. The van der Waals surface area contributed by atoms with Crippen molar-refractivity contribution in [1.29, 1.82) is 0 Å². The van der Waals surface area contributed by atoms with Gasteiger partial charge in [0.15, 0.2) is 12.2 Å². The molecule has 0 radical (unpaired) electrons. The van der Waals surface area contributed by atoms with Gasteiger partial charge in [0.25, 0.3) is 0 Å². The van der Waals surface area contributed by atoms with Gasteiger partial charge in [-0.1, -0.05) is 48.5 Å². The van der Waals surface area contributed by atoms with Crippen molar-refractivity contribution < 1.29 is 45.4 Å². The Bertz CT molecular complexity index is 1100. The minimum Gasteiger partial charge on any atom is -0.449 e. The van der Waals surface area contributed by atoms with Crippen LogP contribution in [0.2, 0.25) is 0 Å². The predicted octanol–water partition coefficient (Wildman–Crippen LogP) is 7.24. The molecule has 0 N–H and O–H groups in total. The van der Waals surface area contributed by atoms with Crippen LogP contribution in [0.1, 0.15) is 34.6 Å². The summed E-state index contributed by atoms with van der Waals surface area (Å²) < 4.78 is 84.3. The number of hydrogen-bond donors (Lipinski definition) is 0. The minimum atomic E-state index is -4.65. The van der Waals surface area contributed by atoms with E-state index in [1.54, 1.807) is 48.5 Å². The maximum absolute atomic E-state index is 12.6. The van der Waals surface area contributed by atoms with Gasteiger partial charge in [-0.3, -0.25) is 0 Å². The minimum absolute atomic E-state index is 0.0188. The lowest BCUT2D eigenvalue weighted by atomic mass is 9.99. The highest BCUT2D eigenvalue weighted by molar-refractivity contribution is 5.91. The molecule has 0 aromatic heterocycles. The molecule has 0 aliphatic carbocycles. The molecule has 190 valence electrons. The van der Waals surface area contributed by atoms with Crippen LogP contribution in [0.15, 0.2) is 72.8 Å². The van der Waals surface area contributed by atoms with Crippen LogP contribution in [-0.4, -0.2) is 36.5 Å². The third-order valence-corrected chi connectivity index (χ3v) is 5.28. The van der Waals surface area contributed by atoms with Gasteiger partial charge in [-0.05, 0) is 60.4 Å². The lowest BCUT2D eigenvalue weighted by molar-refractivity contribution is -0.198. The molecule has 4 nitrogen and oxygen atoms in total. The Morgan fingerprint density at radius 2 is 0.750 bits per heavy atom. The Morgan fingerprint density at radius 1 is 0.528 bits per heavy atom.